The number of piperazine rings is 1. The molecule has 2 heterocycles. The second-order valence-electron chi connectivity index (χ2n) is 6.63. The Kier molecular flexibility index (Phi) is 6.79. The topological polar surface area (TPSA) is 52.7 Å². The number of nitrogens with zero attached hydrogens (tertiary/aromatic N) is 2. The van der Waals surface area contributed by atoms with Crippen LogP contribution in [-0.2, 0) is 4.79 Å². The van der Waals surface area contributed by atoms with Crippen LogP contribution in [0.25, 0.3) is 0 Å². The number of benzene rings is 1. The monoisotopic (exact) mass is 369 g/mol. The van der Waals surface area contributed by atoms with E-state index < -0.39 is 0 Å². The van der Waals surface area contributed by atoms with E-state index in [1.165, 1.54) is 6.07 Å². The molecular weight excluding hydrogens is 345 g/mol. The zero-order valence-corrected chi connectivity index (χ0v) is 15.3. The van der Waals surface area contributed by atoms with Gasteiger partial charge in [-0.2, -0.15) is 0 Å². The normalized spacial score (nSPS) is 20.3. The SMILES string of the molecule is Cc1ccc(C(=O)N2CCN(C(=O)CC3CCCN3)CC2)cc1F.Cl. The van der Waals surface area contributed by atoms with Gasteiger partial charge in [0.15, 0.2) is 0 Å². The van der Waals surface area contributed by atoms with Crippen molar-refractivity contribution in [3.05, 3.63) is 35.1 Å². The quantitative estimate of drug-likeness (QED) is 0.886. The molecule has 5 nitrogen and oxygen atoms in total. The maximum atomic E-state index is 13.6. The third-order valence-electron chi connectivity index (χ3n) is 4.92. The van der Waals surface area contributed by atoms with Crippen molar-refractivity contribution < 1.29 is 14.0 Å². The van der Waals surface area contributed by atoms with Crippen LogP contribution in [0.5, 0.6) is 0 Å². The lowest BCUT2D eigenvalue weighted by Crippen LogP contribution is -2.51. The minimum atomic E-state index is -0.362. The van der Waals surface area contributed by atoms with Gasteiger partial charge in [0.05, 0.1) is 0 Å². The average Bonchev–Trinajstić information content (AvgIpc) is 3.10. The summed E-state index contributed by atoms with van der Waals surface area (Å²) in [5.41, 5.74) is 0.899. The smallest absolute Gasteiger partial charge is 0.254 e. The molecule has 0 aromatic heterocycles. The molecule has 1 atom stereocenters. The van der Waals surface area contributed by atoms with E-state index >= 15 is 0 Å². The summed E-state index contributed by atoms with van der Waals surface area (Å²) < 4.78 is 13.6. The molecule has 2 amide bonds. The first-order chi connectivity index (χ1) is 11.5. The Balaban J connectivity index is 0.00000225. The summed E-state index contributed by atoms with van der Waals surface area (Å²) >= 11 is 0. The van der Waals surface area contributed by atoms with E-state index in [1.807, 2.05) is 4.90 Å². The van der Waals surface area contributed by atoms with Crippen LogP contribution in [0, 0.1) is 12.7 Å². The van der Waals surface area contributed by atoms with E-state index in [4.69, 9.17) is 0 Å². The van der Waals surface area contributed by atoms with Crippen LogP contribution in [0.3, 0.4) is 0 Å². The fourth-order valence-electron chi connectivity index (χ4n) is 3.34. The molecule has 25 heavy (non-hydrogen) atoms. The van der Waals surface area contributed by atoms with E-state index in [0.717, 1.165) is 19.4 Å². The number of amides is 2. The zero-order valence-electron chi connectivity index (χ0n) is 14.5. The largest absolute Gasteiger partial charge is 0.339 e. The Bertz CT molecular complexity index is 627. The lowest BCUT2D eigenvalue weighted by molar-refractivity contribution is -0.133. The summed E-state index contributed by atoms with van der Waals surface area (Å²) in [7, 11) is 0. The predicted molar refractivity (Wildman–Crippen MR) is 96.5 cm³/mol. The van der Waals surface area contributed by atoms with Crippen molar-refractivity contribution >= 4 is 24.2 Å². The maximum absolute atomic E-state index is 13.6. The van der Waals surface area contributed by atoms with Crippen molar-refractivity contribution in [1.82, 2.24) is 15.1 Å². The number of halogens is 2. The summed E-state index contributed by atoms with van der Waals surface area (Å²) in [5.74, 6) is -0.375. The highest BCUT2D eigenvalue weighted by Gasteiger charge is 2.27. The highest BCUT2D eigenvalue weighted by atomic mass is 35.5. The van der Waals surface area contributed by atoms with Crippen molar-refractivity contribution in [3.63, 3.8) is 0 Å². The fraction of sp³-hybridized carbons (Fsp3) is 0.556. The van der Waals surface area contributed by atoms with Crippen LogP contribution >= 0.6 is 12.4 Å². The van der Waals surface area contributed by atoms with Crippen molar-refractivity contribution in [2.75, 3.05) is 32.7 Å². The number of carbonyl (C=O) groups excluding carboxylic acids is 2. The number of hydrogen-bond donors (Lipinski definition) is 1. The first-order valence-electron chi connectivity index (χ1n) is 8.61. The Morgan fingerprint density at radius 3 is 2.48 bits per heavy atom. The lowest BCUT2D eigenvalue weighted by Gasteiger charge is -2.35. The van der Waals surface area contributed by atoms with Gasteiger partial charge >= 0.3 is 0 Å². The van der Waals surface area contributed by atoms with Gasteiger partial charge in [-0.05, 0) is 44.0 Å². The van der Waals surface area contributed by atoms with Crippen LogP contribution in [-0.4, -0.2) is 60.4 Å². The van der Waals surface area contributed by atoms with E-state index in [1.54, 1.807) is 24.0 Å². The molecule has 1 aromatic rings. The lowest BCUT2D eigenvalue weighted by atomic mass is 10.1. The molecule has 7 heteroatoms. The van der Waals surface area contributed by atoms with Gasteiger partial charge in [0.25, 0.3) is 5.91 Å². The molecule has 2 aliphatic heterocycles. The summed E-state index contributed by atoms with van der Waals surface area (Å²) in [6.45, 7) is 4.76. The van der Waals surface area contributed by atoms with E-state index in [0.29, 0.717) is 49.8 Å². The van der Waals surface area contributed by atoms with Gasteiger partial charge in [0.1, 0.15) is 5.82 Å². The van der Waals surface area contributed by atoms with Gasteiger partial charge < -0.3 is 15.1 Å². The van der Waals surface area contributed by atoms with Gasteiger partial charge in [0.2, 0.25) is 5.91 Å². The van der Waals surface area contributed by atoms with Crippen molar-refractivity contribution in [2.45, 2.75) is 32.2 Å². The molecule has 0 bridgehead atoms. The number of nitrogens with one attached hydrogen (secondary N) is 1. The highest BCUT2D eigenvalue weighted by molar-refractivity contribution is 5.94. The predicted octanol–water partition coefficient (Wildman–Crippen LogP) is 1.98. The molecule has 3 rings (SSSR count). The number of aryl methyl sites for hydroxylation is 1. The van der Waals surface area contributed by atoms with Gasteiger partial charge in [-0.25, -0.2) is 4.39 Å². The Morgan fingerprint density at radius 2 is 1.88 bits per heavy atom. The average molecular weight is 370 g/mol. The Labute approximate surface area is 154 Å². The molecule has 2 aliphatic rings. The molecule has 1 aromatic carbocycles. The Hall–Kier alpha value is -1.66. The molecule has 0 spiro atoms. The standard InChI is InChI=1S/C18H24FN3O2.ClH/c1-13-4-5-14(11-16(13)19)18(24)22-9-7-21(8-10-22)17(23)12-15-3-2-6-20-15;/h4-5,11,15,20H,2-3,6-10,12H2,1H3;1H. The van der Waals surface area contributed by atoms with Gasteiger partial charge in [-0.3, -0.25) is 9.59 Å². The molecule has 1 unspecified atom stereocenters. The van der Waals surface area contributed by atoms with E-state index in [-0.39, 0.29) is 30.0 Å². The summed E-state index contributed by atoms with van der Waals surface area (Å²) in [4.78, 5) is 28.3. The highest BCUT2D eigenvalue weighted by Crippen LogP contribution is 2.15. The van der Waals surface area contributed by atoms with Gasteiger partial charge in [0, 0.05) is 44.2 Å². The first kappa shape index (κ1) is 19.7. The van der Waals surface area contributed by atoms with Crippen LogP contribution in [0.15, 0.2) is 18.2 Å². The third kappa shape index (κ3) is 4.70. The second kappa shape index (κ2) is 8.63. The minimum absolute atomic E-state index is 0. The summed E-state index contributed by atoms with van der Waals surface area (Å²) in [5, 5.41) is 3.34. The minimum Gasteiger partial charge on any atom is -0.339 e. The Morgan fingerprint density at radius 1 is 1.20 bits per heavy atom. The van der Waals surface area contributed by atoms with E-state index in [9.17, 15) is 14.0 Å². The van der Waals surface area contributed by atoms with Gasteiger partial charge in [-0.15, -0.1) is 12.4 Å². The van der Waals surface area contributed by atoms with Crippen LogP contribution in [0.1, 0.15) is 35.2 Å². The molecule has 2 fully saturated rings. The molecule has 138 valence electrons. The number of hydrogen-bond acceptors (Lipinski definition) is 3. The molecular formula is C18H25ClFN3O2. The van der Waals surface area contributed by atoms with E-state index in [2.05, 4.69) is 5.32 Å². The number of carbonyl (C=O) groups is 2. The zero-order chi connectivity index (χ0) is 17.1. The summed E-state index contributed by atoms with van der Waals surface area (Å²) in [6, 6.07) is 4.87. The molecule has 0 saturated carbocycles. The maximum Gasteiger partial charge on any atom is 0.254 e. The van der Waals surface area contributed by atoms with Crippen LogP contribution in [0.4, 0.5) is 4.39 Å². The fourth-order valence-corrected chi connectivity index (χ4v) is 3.34. The molecule has 0 radical (unpaired) electrons. The van der Waals surface area contributed by atoms with Crippen molar-refractivity contribution in [1.29, 1.82) is 0 Å². The van der Waals surface area contributed by atoms with Gasteiger partial charge in [-0.1, -0.05) is 6.07 Å². The second-order valence-corrected chi connectivity index (χ2v) is 6.63. The van der Waals surface area contributed by atoms with Crippen LogP contribution < -0.4 is 5.32 Å². The first-order valence-corrected chi connectivity index (χ1v) is 8.61. The molecule has 0 aliphatic carbocycles. The van der Waals surface area contributed by atoms with Crippen LogP contribution in [0.2, 0.25) is 0 Å². The van der Waals surface area contributed by atoms with Crippen molar-refractivity contribution in [3.8, 4) is 0 Å². The summed E-state index contributed by atoms with van der Waals surface area (Å²) in [6.07, 6.45) is 2.73. The molecule has 1 N–H and O–H groups in total. The van der Waals surface area contributed by atoms with Crippen molar-refractivity contribution in [2.24, 2.45) is 0 Å². The third-order valence-corrected chi connectivity index (χ3v) is 4.92. The molecule has 2 saturated heterocycles. The number of rotatable bonds is 3.